The molecular formula is C50H40N6O2. The number of nitrogens with zero attached hydrogens (tertiary/aromatic N) is 6. The van der Waals surface area contributed by atoms with Crippen LogP contribution in [0.4, 0.5) is 0 Å². The zero-order valence-electron chi connectivity index (χ0n) is 32.0. The molecule has 8 nitrogen and oxygen atoms in total. The Balaban J connectivity index is 1.00. The van der Waals surface area contributed by atoms with Gasteiger partial charge < -0.3 is 9.47 Å². The van der Waals surface area contributed by atoms with Crippen molar-refractivity contribution in [3.05, 3.63) is 222 Å². The zero-order valence-corrected chi connectivity index (χ0v) is 32.0. The molecule has 0 atom stereocenters. The summed E-state index contributed by atoms with van der Waals surface area (Å²) in [5, 5.41) is 14.7. The highest BCUT2D eigenvalue weighted by Gasteiger charge is 2.41. The van der Waals surface area contributed by atoms with Crippen LogP contribution in [-0.4, -0.2) is 30.2 Å². The third-order valence-corrected chi connectivity index (χ3v) is 10.4. The van der Waals surface area contributed by atoms with E-state index in [1.165, 1.54) is 0 Å². The first-order valence-electron chi connectivity index (χ1n) is 19.4. The van der Waals surface area contributed by atoms with Crippen LogP contribution in [0.25, 0.3) is 33.5 Å². The Morgan fingerprint density at radius 1 is 0.534 bits per heavy atom. The second-order valence-corrected chi connectivity index (χ2v) is 14.0. The van der Waals surface area contributed by atoms with Crippen molar-refractivity contribution in [2.45, 2.75) is 32.1 Å². The van der Waals surface area contributed by atoms with Crippen molar-refractivity contribution in [3.63, 3.8) is 0 Å². The summed E-state index contributed by atoms with van der Waals surface area (Å²) < 4.78 is 12.5. The number of aryl methyl sites for hydroxylation is 1. The van der Waals surface area contributed by atoms with Crippen molar-refractivity contribution >= 4 is 11.0 Å². The van der Waals surface area contributed by atoms with Gasteiger partial charge in [-0.05, 0) is 56.6 Å². The SMILES string of the molecule is CCc1cc(OCc2ccc(-c3ccccc3-c3nnn(C(c4ccccc4)(c4ccccc4)c4ccccc4)n3)cc2)c2nc(OCc3ccccc3)ccc2n1. The number of hydrogen-bond donors (Lipinski definition) is 0. The van der Waals surface area contributed by atoms with Crippen LogP contribution in [0.2, 0.25) is 0 Å². The van der Waals surface area contributed by atoms with Gasteiger partial charge in [0, 0.05) is 23.4 Å². The Hall–Kier alpha value is -7.45. The summed E-state index contributed by atoms with van der Waals surface area (Å²) in [4.78, 5) is 11.4. The van der Waals surface area contributed by atoms with Gasteiger partial charge in [0.15, 0.2) is 5.54 Å². The monoisotopic (exact) mass is 756 g/mol. The number of aromatic nitrogens is 6. The van der Waals surface area contributed by atoms with Crippen LogP contribution in [0.1, 0.15) is 40.4 Å². The number of benzene rings is 6. The molecule has 0 aliphatic carbocycles. The molecule has 58 heavy (non-hydrogen) atoms. The molecule has 0 saturated carbocycles. The van der Waals surface area contributed by atoms with Crippen LogP contribution >= 0.6 is 0 Å². The second kappa shape index (κ2) is 16.3. The molecule has 9 aromatic rings. The third-order valence-electron chi connectivity index (χ3n) is 10.4. The van der Waals surface area contributed by atoms with Crippen LogP contribution in [0, 0.1) is 0 Å². The second-order valence-electron chi connectivity index (χ2n) is 14.0. The summed E-state index contributed by atoms with van der Waals surface area (Å²) in [5.74, 6) is 1.73. The summed E-state index contributed by atoms with van der Waals surface area (Å²) >= 11 is 0. The molecule has 3 aromatic heterocycles. The molecule has 0 aliphatic rings. The van der Waals surface area contributed by atoms with Gasteiger partial charge in [0.05, 0.1) is 5.52 Å². The van der Waals surface area contributed by atoms with Crippen LogP contribution < -0.4 is 9.47 Å². The summed E-state index contributed by atoms with van der Waals surface area (Å²) in [6.07, 6.45) is 0.779. The van der Waals surface area contributed by atoms with E-state index in [1.807, 2.05) is 84.9 Å². The van der Waals surface area contributed by atoms with Crippen molar-refractivity contribution in [3.8, 4) is 34.1 Å². The van der Waals surface area contributed by atoms with Crippen molar-refractivity contribution in [1.82, 2.24) is 30.2 Å². The van der Waals surface area contributed by atoms with Gasteiger partial charge in [0.2, 0.25) is 11.7 Å². The van der Waals surface area contributed by atoms with Crippen molar-refractivity contribution in [1.29, 1.82) is 0 Å². The predicted octanol–water partition coefficient (Wildman–Crippen LogP) is 10.5. The molecule has 0 N–H and O–H groups in total. The largest absolute Gasteiger partial charge is 0.486 e. The molecule has 0 saturated heterocycles. The van der Waals surface area contributed by atoms with Gasteiger partial charge in [0.1, 0.15) is 24.5 Å². The predicted molar refractivity (Wildman–Crippen MR) is 227 cm³/mol. The fraction of sp³-hybridized carbons (Fsp3) is 0.100. The molecule has 6 aromatic carbocycles. The number of ether oxygens (including phenoxy) is 2. The van der Waals surface area contributed by atoms with E-state index in [0.29, 0.717) is 36.2 Å². The number of rotatable bonds is 13. The zero-order chi connectivity index (χ0) is 39.2. The van der Waals surface area contributed by atoms with Gasteiger partial charge in [-0.25, -0.2) is 4.98 Å². The van der Waals surface area contributed by atoms with E-state index in [1.54, 1.807) is 4.80 Å². The van der Waals surface area contributed by atoms with Crippen molar-refractivity contribution in [2.75, 3.05) is 0 Å². The van der Waals surface area contributed by atoms with Crippen LogP contribution in [0.15, 0.2) is 188 Å². The number of pyridine rings is 2. The summed E-state index contributed by atoms with van der Waals surface area (Å²) in [7, 11) is 0. The molecule has 0 spiro atoms. The molecular weight excluding hydrogens is 717 g/mol. The van der Waals surface area contributed by atoms with E-state index in [0.717, 1.165) is 62.1 Å². The molecule has 282 valence electrons. The minimum absolute atomic E-state index is 0.359. The lowest BCUT2D eigenvalue weighted by Gasteiger charge is -2.34. The Kier molecular flexibility index (Phi) is 10.2. The van der Waals surface area contributed by atoms with Gasteiger partial charge >= 0.3 is 0 Å². The molecule has 0 unspecified atom stereocenters. The molecule has 0 aliphatic heterocycles. The standard InChI is InChI=1S/C50H40N6O2/c1-2-42-33-46(48-45(51-42)31-32-47(52-48)58-35-36-17-7-3-8-18-36)57-34-37-27-29-38(30-28-37)43-25-15-16-26-44(43)49-53-55-56(54-49)50(39-19-9-4-10-20-39,40-21-11-5-12-22-40)41-23-13-6-14-24-41/h3-33H,2,34-35H2,1H3. The Bertz CT molecular complexity index is 2660. The van der Waals surface area contributed by atoms with Gasteiger partial charge in [-0.2, -0.15) is 0 Å². The van der Waals surface area contributed by atoms with Gasteiger partial charge in [-0.15, -0.1) is 15.0 Å². The first-order chi connectivity index (χ1) is 28.7. The van der Waals surface area contributed by atoms with E-state index < -0.39 is 5.54 Å². The minimum atomic E-state index is -0.865. The highest BCUT2D eigenvalue weighted by atomic mass is 16.5. The molecule has 8 heteroatoms. The number of tetrazole rings is 1. The minimum Gasteiger partial charge on any atom is -0.486 e. The quantitative estimate of drug-likeness (QED) is 0.108. The smallest absolute Gasteiger partial charge is 0.214 e. The Morgan fingerprint density at radius 2 is 1.09 bits per heavy atom. The Labute approximate surface area is 337 Å². The lowest BCUT2D eigenvalue weighted by molar-refractivity contribution is 0.292. The first kappa shape index (κ1) is 36.2. The average molecular weight is 757 g/mol. The highest BCUT2D eigenvalue weighted by Crippen LogP contribution is 2.40. The number of hydrogen-bond acceptors (Lipinski definition) is 7. The van der Waals surface area contributed by atoms with Crippen molar-refractivity contribution in [2.24, 2.45) is 0 Å². The summed E-state index contributed by atoms with van der Waals surface area (Å²) in [5.41, 5.74) is 9.60. The van der Waals surface area contributed by atoms with E-state index in [-0.39, 0.29) is 0 Å². The molecule has 9 rings (SSSR count). The van der Waals surface area contributed by atoms with E-state index in [2.05, 4.69) is 110 Å². The number of fused-ring (bicyclic) bond motifs is 1. The van der Waals surface area contributed by atoms with Gasteiger partial charge in [0.25, 0.3) is 0 Å². The van der Waals surface area contributed by atoms with Crippen molar-refractivity contribution < 1.29 is 9.47 Å². The fourth-order valence-corrected chi connectivity index (χ4v) is 7.44. The maximum atomic E-state index is 6.46. The molecule has 0 bridgehead atoms. The summed E-state index contributed by atoms with van der Waals surface area (Å²) in [6.45, 7) is 2.87. The van der Waals surface area contributed by atoms with Gasteiger partial charge in [-0.3, -0.25) is 4.98 Å². The van der Waals surface area contributed by atoms with Crippen LogP contribution in [0.3, 0.4) is 0 Å². The summed E-state index contributed by atoms with van der Waals surface area (Å²) in [6, 6.07) is 63.5. The van der Waals surface area contributed by atoms with Crippen LogP contribution in [-0.2, 0) is 25.2 Å². The fourth-order valence-electron chi connectivity index (χ4n) is 7.44. The molecule has 3 heterocycles. The highest BCUT2D eigenvalue weighted by molar-refractivity contribution is 5.82. The maximum absolute atomic E-state index is 6.46. The third kappa shape index (κ3) is 7.19. The Morgan fingerprint density at radius 3 is 1.71 bits per heavy atom. The maximum Gasteiger partial charge on any atom is 0.214 e. The molecule has 0 fully saturated rings. The van der Waals surface area contributed by atoms with E-state index >= 15 is 0 Å². The van der Waals surface area contributed by atoms with E-state index in [4.69, 9.17) is 34.9 Å². The molecule has 0 radical (unpaired) electrons. The molecule has 0 amide bonds. The lowest BCUT2D eigenvalue weighted by Crippen LogP contribution is -2.39. The van der Waals surface area contributed by atoms with E-state index in [9.17, 15) is 0 Å². The normalized spacial score (nSPS) is 11.4. The van der Waals surface area contributed by atoms with Gasteiger partial charge in [-0.1, -0.05) is 177 Å². The first-order valence-corrected chi connectivity index (χ1v) is 19.4. The topological polar surface area (TPSA) is 87.8 Å². The van der Waals surface area contributed by atoms with Crippen LogP contribution in [0.5, 0.6) is 11.6 Å². The average Bonchev–Trinajstić information content (AvgIpc) is 3.80. The lowest BCUT2D eigenvalue weighted by atomic mass is 9.77.